The third-order valence-electron chi connectivity index (χ3n) is 2.24. The van der Waals surface area contributed by atoms with Crippen LogP contribution in [0.15, 0.2) is 12.3 Å². The van der Waals surface area contributed by atoms with Gasteiger partial charge in [0.1, 0.15) is 0 Å². The van der Waals surface area contributed by atoms with Gasteiger partial charge >= 0.3 is 0 Å². The lowest BCUT2D eigenvalue weighted by Gasteiger charge is -2.16. The molecular weight excluding hydrogens is 176 g/mol. The van der Waals surface area contributed by atoms with Crippen LogP contribution in [0, 0.1) is 0 Å². The molecule has 3 N–H and O–H groups in total. The number of nitrogens with one attached hydrogen (secondary N) is 1. The van der Waals surface area contributed by atoms with Gasteiger partial charge < -0.3 is 5.73 Å². The van der Waals surface area contributed by atoms with E-state index in [9.17, 15) is 0 Å². The molecule has 0 saturated carbocycles. The summed E-state index contributed by atoms with van der Waals surface area (Å²) in [7, 11) is 0. The van der Waals surface area contributed by atoms with E-state index in [-0.39, 0.29) is 5.41 Å². The zero-order valence-corrected chi connectivity index (χ0v) is 8.63. The summed E-state index contributed by atoms with van der Waals surface area (Å²) in [4.78, 5) is 4.15. The molecule has 2 aromatic rings. The van der Waals surface area contributed by atoms with Crippen LogP contribution in [0.1, 0.15) is 26.5 Å². The van der Waals surface area contributed by atoms with Crippen LogP contribution in [-0.2, 0) is 5.41 Å². The monoisotopic (exact) mass is 190 g/mol. The first-order valence-electron chi connectivity index (χ1n) is 4.59. The summed E-state index contributed by atoms with van der Waals surface area (Å²) in [5.41, 5.74) is 8.36. The lowest BCUT2D eigenvalue weighted by molar-refractivity contribution is 0.571. The first-order chi connectivity index (χ1) is 6.50. The number of rotatable bonds is 0. The van der Waals surface area contributed by atoms with Gasteiger partial charge in [-0.25, -0.2) is 4.98 Å². The molecule has 0 radical (unpaired) electrons. The average Bonchev–Trinajstić information content (AvgIpc) is 2.47. The lowest BCUT2D eigenvalue weighted by Crippen LogP contribution is -2.12. The quantitative estimate of drug-likeness (QED) is 0.666. The maximum absolute atomic E-state index is 5.90. The van der Waals surface area contributed by atoms with Gasteiger partial charge in [-0.1, -0.05) is 20.8 Å². The average molecular weight is 190 g/mol. The lowest BCUT2D eigenvalue weighted by atomic mass is 9.90. The van der Waals surface area contributed by atoms with Crippen molar-refractivity contribution in [1.82, 2.24) is 15.2 Å². The number of nitrogen functional groups attached to an aromatic ring is 1. The Balaban J connectivity index is 2.80. The van der Waals surface area contributed by atoms with Crippen molar-refractivity contribution in [2.45, 2.75) is 26.2 Å². The molecule has 0 fully saturated rings. The van der Waals surface area contributed by atoms with E-state index in [0.29, 0.717) is 5.65 Å². The Morgan fingerprint density at radius 2 is 2.07 bits per heavy atom. The second-order valence-electron chi connectivity index (χ2n) is 4.45. The Hall–Kier alpha value is -1.58. The standard InChI is InChI=1S/C10H14N4/c1-10(2,3)8-7-6(11)4-5-12-9(7)14-13-8/h4-5H,1-3H3,(H3,11,12,13,14). The number of hydrogen-bond donors (Lipinski definition) is 2. The largest absolute Gasteiger partial charge is 0.398 e. The minimum atomic E-state index is 0.00586. The van der Waals surface area contributed by atoms with E-state index in [1.807, 2.05) is 0 Å². The molecule has 0 aliphatic rings. The molecule has 0 saturated heterocycles. The molecule has 4 heteroatoms. The normalized spacial score (nSPS) is 12.2. The first-order valence-corrected chi connectivity index (χ1v) is 4.59. The van der Waals surface area contributed by atoms with Gasteiger partial charge in [0.25, 0.3) is 0 Å². The maximum atomic E-state index is 5.90. The predicted octanol–water partition coefficient (Wildman–Crippen LogP) is 1.84. The molecular formula is C10H14N4. The van der Waals surface area contributed by atoms with E-state index in [4.69, 9.17) is 5.73 Å². The van der Waals surface area contributed by atoms with Gasteiger partial charge in [-0.2, -0.15) is 5.10 Å². The number of H-pyrrole nitrogens is 1. The molecule has 2 heterocycles. The van der Waals surface area contributed by atoms with Crippen LogP contribution in [0.2, 0.25) is 0 Å². The van der Waals surface area contributed by atoms with Crippen molar-refractivity contribution < 1.29 is 0 Å². The molecule has 0 aliphatic heterocycles. The molecule has 14 heavy (non-hydrogen) atoms. The Kier molecular flexibility index (Phi) is 1.74. The van der Waals surface area contributed by atoms with E-state index in [1.165, 1.54) is 0 Å². The minimum Gasteiger partial charge on any atom is -0.398 e. The molecule has 0 aromatic carbocycles. The topological polar surface area (TPSA) is 67.6 Å². The van der Waals surface area contributed by atoms with Crippen LogP contribution in [0.4, 0.5) is 5.69 Å². The second-order valence-corrected chi connectivity index (χ2v) is 4.45. The van der Waals surface area contributed by atoms with E-state index in [0.717, 1.165) is 16.8 Å². The number of fused-ring (bicyclic) bond motifs is 1. The molecule has 2 aromatic heterocycles. The molecule has 0 bridgehead atoms. The summed E-state index contributed by atoms with van der Waals surface area (Å²) in [6, 6.07) is 1.80. The number of pyridine rings is 1. The molecule has 0 spiro atoms. The van der Waals surface area contributed by atoms with E-state index < -0.39 is 0 Å². The molecule has 0 atom stereocenters. The van der Waals surface area contributed by atoms with Crippen molar-refractivity contribution in [3.63, 3.8) is 0 Å². The van der Waals surface area contributed by atoms with Gasteiger partial charge in [0.15, 0.2) is 5.65 Å². The number of nitrogens with zero attached hydrogens (tertiary/aromatic N) is 2. The Bertz CT molecular complexity index is 464. The van der Waals surface area contributed by atoms with E-state index in [2.05, 4.69) is 36.0 Å². The summed E-state index contributed by atoms with van der Waals surface area (Å²) in [5, 5.41) is 8.08. The summed E-state index contributed by atoms with van der Waals surface area (Å²) < 4.78 is 0. The van der Waals surface area contributed by atoms with Gasteiger partial charge in [0.2, 0.25) is 0 Å². The number of nitrogens with two attached hydrogens (primary N) is 1. The molecule has 0 unspecified atom stereocenters. The van der Waals surface area contributed by atoms with Crippen LogP contribution < -0.4 is 5.73 Å². The maximum Gasteiger partial charge on any atom is 0.183 e. The van der Waals surface area contributed by atoms with Crippen LogP contribution in [-0.4, -0.2) is 15.2 Å². The van der Waals surface area contributed by atoms with E-state index >= 15 is 0 Å². The molecule has 74 valence electrons. The Morgan fingerprint density at radius 3 is 2.71 bits per heavy atom. The van der Waals surface area contributed by atoms with Crippen molar-refractivity contribution >= 4 is 16.7 Å². The number of aromatic amines is 1. The fourth-order valence-electron chi connectivity index (χ4n) is 1.51. The van der Waals surface area contributed by atoms with Crippen molar-refractivity contribution in [3.05, 3.63) is 18.0 Å². The van der Waals surface area contributed by atoms with Crippen LogP contribution >= 0.6 is 0 Å². The zero-order chi connectivity index (χ0) is 10.3. The smallest absolute Gasteiger partial charge is 0.183 e. The highest BCUT2D eigenvalue weighted by atomic mass is 15.2. The van der Waals surface area contributed by atoms with Gasteiger partial charge in [0, 0.05) is 17.3 Å². The predicted molar refractivity (Wildman–Crippen MR) is 57.0 cm³/mol. The van der Waals surface area contributed by atoms with Crippen LogP contribution in [0.5, 0.6) is 0 Å². The van der Waals surface area contributed by atoms with Crippen LogP contribution in [0.25, 0.3) is 11.0 Å². The fourth-order valence-corrected chi connectivity index (χ4v) is 1.51. The summed E-state index contributed by atoms with van der Waals surface area (Å²) in [5.74, 6) is 0. The highest BCUT2D eigenvalue weighted by molar-refractivity contribution is 5.90. The Labute approximate surface area is 82.5 Å². The summed E-state index contributed by atoms with van der Waals surface area (Å²) in [6.07, 6.45) is 1.67. The van der Waals surface area contributed by atoms with Gasteiger partial charge in [-0.15, -0.1) is 0 Å². The minimum absolute atomic E-state index is 0.00586. The summed E-state index contributed by atoms with van der Waals surface area (Å²) in [6.45, 7) is 6.35. The highest BCUT2D eigenvalue weighted by Crippen LogP contribution is 2.30. The Morgan fingerprint density at radius 1 is 1.36 bits per heavy atom. The van der Waals surface area contributed by atoms with Crippen molar-refractivity contribution in [2.75, 3.05) is 5.73 Å². The molecule has 0 amide bonds. The molecule has 2 rings (SSSR count). The zero-order valence-electron chi connectivity index (χ0n) is 8.63. The molecule has 0 aliphatic carbocycles. The van der Waals surface area contributed by atoms with Crippen molar-refractivity contribution in [1.29, 1.82) is 0 Å². The van der Waals surface area contributed by atoms with Crippen LogP contribution in [0.3, 0.4) is 0 Å². The van der Waals surface area contributed by atoms with Gasteiger partial charge in [-0.3, -0.25) is 5.10 Å². The number of anilines is 1. The first kappa shape index (κ1) is 8.99. The number of aromatic nitrogens is 3. The van der Waals surface area contributed by atoms with Gasteiger partial charge in [0.05, 0.1) is 11.1 Å². The van der Waals surface area contributed by atoms with Crippen molar-refractivity contribution in [2.24, 2.45) is 0 Å². The molecule has 4 nitrogen and oxygen atoms in total. The highest BCUT2D eigenvalue weighted by Gasteiger charge is 2.21. The second kappa shape index (κ2) is 2.70. The summed E-state index contributed by atoms with van der Waals surface area (Å²) >= 11 is 0. The fraction of sp³-hybridized carbons (Fsp3) is 0.400. The third kappa shape index (κ3) is 1.23. The van der Waals surface area contributed by atoms with Gasteiger partial charge in [-0.05, 0) is 6.07 Å². The number of hydrogen-bond acceptors (Lipinski definition) is 3. The van der Waals surface area contributed by atoms with Crippen molar-refractivity contribution in [3.8, 4) is 0 Å². The third-order valence-corrected chi connectivity index (χ3v) is 2.24. The van der Waals surface area contributed by atoms with E-state index in [1.54, 1.807) is 12.3 Å². The SMILES string of the molecule is CC(C)(C)c1[nH]nc2nccc(N)c12.